The number of nitrogens with zero attached hydrogens (tertiary/aromatic N) is 2. The second-order valence-electron chi connectivity index (χ2n) is 1.57. The maximum Gasteiger partial charge on any atom is 0.327 e. The molecule has 0 spiro atoms. The van der Waals surface area contributed by atoms with Gasteiger partial charge in [-0.2, -0.15) is 0 Å². The molecule has 0 aliphatic carbocycles. The van der Waals surface area contributed by atoms with E-state index >= 15 is 0 Å². The van der Waals surface area contributed by atoms with Gasteiger partial charge in [-0.15, -0.1) is 0 Å². The molecule has 0 aromatic carbocycles. The van der Waals surface area contributed by atoms with Gasteiger partial charge < -0.3 is 21.3 Å². The predicted molar refractivity (Wildman–Crippen MR) is 28.3 cm³/mol. The van der Waals surface area contributed by atoms with Crippen molar-refractivity contribution < 1.29 is 20.0 Å². The smallest absolute Gasteiger partial charge is 0.327 e. The highest BCUT2D eigenvalue weighted by Gasteiger charge is 2.16. The Balaban J connectivity index is 3.80. The fourth-order valence-corrected chi connectivity index (χ4v) is 0.283. The third-order valence-electron chi connectivity index (χ3n) is 0.770. The van der Waals surface area contributed by atoms with Crippen molar-refractivity contribution in [2.75, 3.05) is 6.54 Å². The monoisotopic (exact) mass is 149 g/mol. The molecule has 0 bridgehead atoms. The summed E-state index contributed by atoms with van der Waals surface area (Å²) >= 11 is 0. The first-order valence-corrected chi connectivity index (χ1v) is 2.36. The first kappa shape index (κ1) is 8.63. The van der Waals surface area contributed by atoms with Gasteiger partial charge in [-0.25, -0.2) is 0 Å². The van der Waals surface area contributed by atoms with Crippen LogP contribution in [-0.2, 0) is 4.79 Å². The number of hydroxylamine groups is 1. The summed E-state index contributed by atoms with van der Waals surface area (Å²) in [6.07, 6.45) is 0. The molecule has 10 heavy (non-hydrogen) atoms. The Morgan fingerprint density at radius 3 is 2.70 bits per heavy atom. The predicted octanol–water partition coefficient (Wildman–Crippen LogP) is -1.25. The third-order valence-corrected chi connectivity index (χ3v) is 0.770. The van der Waals surface area contributed by atoms with Crippen LogP contribution in [0.4, 0.5) is 0 Å². The van der Waals surface area contributed by atoms with Crippen LogP contribution in [-0.4, -0.2) is 33.7 Å². The van der Waals surface area contributed by atoms with Crippen molar-refractivity contribution in [3.05, 3.63) is 5.21 Å². The Morgan fingerprint density at radius 2 is 2.40 bits per heavy atom. The molecule has 0 aliphatic rings. The van der Waals surface area contributed by atoms with Gasteiger partial charge in [0.1, 0.15) is 0 Å². The van der Waals surface area contributed by atoms with E-state index in [0.29, 0.717) is 0 Å². The highest BCUT2D eigenvalue weighted by molar-refractivity contribution is 5.73. The summed E-state index contributed by atoms with van der Waals surface area (Å²) in [6, 6.07) is -1.33. The average Bonchev–Trinajstić information content (AvgIpc) is 1.87. The van der Waals surface area contributed by atoms with Gasteiger partial charge in [-0.05, 0) is 0 Å². The van der Waals surface area contributed by atoms with Crippen molar-refractivity contribution in [3.8, 4) is 0 Å². The van der Waals surface area contributed by atoms with Gasteiger partial charge in [-0.3, -0.25) is 4.79 Å². The molecule has 0 unspecified atom stereocenters. The molecule has 0 fully saturated rings. The number of carboxylic acid groups (broad SMARTS) is 1. The van der Waals surface area contributed by atoms with Gasteiger partial charge in [0.2, 0.25) is 6.54 Å². The summed E-state index contributed by atoms with van der Waals surface area (Å²) in [7, 11) is 0. The molecular formula is C3H7N3O4. The zero-order chi connectivity index (χ0) is 8.15. The first-order valence-electron chi connectivity index (χ1n) is 2.36. The highest BCUT2D eigenvalue weighted by atomic mass is 16.6. The van der Waals surface area contributed by atoms with E-state index in [0.717, 1.165) is 0 Å². The van der Waals surface area contributed by atoms with Crippen LogP contribution in [0.5, 0.6) is 0 Å². The number of nitrogens with two attached hydrogens (primary N) is 1. The van der Waals surface area contributed by atoms with E-state index in [2.05, 4.69) is 5.28 Å². The lowest BCUT2D eigenvalue weighted by Crippen LogP contribution is -2.37. The highest BCUT2D eigenvalue weighted by Crippen LogP contribution is 1.80. The molecule has 0 rings (SSSR count). The molecule has 0 radical (unpaired) electrons. The van der Waals surface area contributed by atoms with Gasteiger partial charge in [0.15, 0.2) is 11.3 Å². The van der Waals surface area contributed by atoms with E-state index in [1.165, 1.54) is 0 Å². The molecule has 0 saturated heterocycles. The number of aliphatic carboxylic acids is 1. The summed E-state index contributed by atoms with van der Waals surface area (Å²) in [5.41, 5.74) is 4.88. The van der Waals surface area contributed by atoms with Gasteiger partial charge in [0.25, 0.3) is 0 Å². The van der Waals surface area contributed by atoms with E-state index in [4.69, 9.17) is 16.0 Å². The summed E-state index contributed by atoms with van der Waals surface area (Å²) in [5, 5.41) is 28.1. The van der Waals surface area contributed by atoms with Gasteiger partial charge >= 0.3 is 5.97 Å². The van der Waals surface area contributed by atoms with Crippen molar-refractivity contribution >= 4 is 5.97 Å². The normalized spacial score (nSPS) is 14.7. The molecular weight excluding hydrogens is 142 g/mol. The number of rotatable bonds is 3. The molecule has 0 aliphatic heterocycles. The van der Waals surface area contributed by atoms with Crippen LogP contribution >= 0.6 is 0 Å². The molecule has 4 N–H and O–H groups in total. The minimum Gasteiger partial charge on any atom is -0.597 e. The van der Waals surface area contributed by atoms with Crippen LogP contribution in [0.2, 0.25) is 0 Å². The summed E-state index contributed by atoms with van der Waals surface area (Å²) in [6.45, 7) is -0.564. The Bertz CT molecular complexity index is 156. The van der Waals surface area contributed by atoms with Crippen molar-refractivity contribution in [3.63, 3.8) is 0 Å². The Kier molecular flexibility index (Phi) is 3.12. The van der Waals surface area contributed by atoms with Crippen LogP contribution in [0.1, 0.15) is 0 Å². The molecule has 0 aromatic rings. The minimum atomic E-state index is -1.33. The number of hydrogen-bond acceptors (Lipinski definition) is 4. The van der Waals surface area contributed by atoms with Gasteiger partial charge in [0.05, 0.1) is 0 Å². The SMILES string of the molecule is N[C@H](C/[N+]([O-])=N/O)C(=O)O. The second-order valence-corrected chi connectivity index (χ2v) is 1.57. The van der Waals surface area contributed by atoms with Crippen LogP contribution in [0.25, 0.3) is 0 Å². The van der Waals surface area contributed by atoms with Crippen LogP contribution < -0.4 is 5.73 Å². The lowest BCUT2D eigenvalue weighted by molar-refractivity contribution is -0.556. The quantitative estimate of drug-likeness (QED) is 0.263. The zero-order valence-electron chi connectivity index (χ0n) is 4.97. The molecule has 58 valence electrons. The van der Waals surface area contributed by atoms with E-state index < -0.39 is 18.6 Å². The van der Waals surface area contributed by atoms with Crippen LogP contribution in [0.3, 0.4) is 0 Å². The maximum absolute atomic E-state index is 10.1. The van der Waals surface area contributed by atoms with Gasteiger partial charge in [0, 0.05) is 0 Å². The second kappa shape index (κ2) is 3.62. The summed E-state index contributed by atoms with van der Waals surface area (Å²) < 4.78 is 0. The summed E-state index contributed by atoms with van der Waals surface area (Å²) in [5.74, 6) is -1.32. The fraction of sp³-hybridized carbons (Fsp3) is 0.667. The van der Waals surface area contributed by atoms with Crippen LogP contribution in [0, 0.1) is 5.21 Å². The van der Waals surface area contributed by atoms with E-state index in [1.807, 2.05) is 0 Å². The average molecular weight is 149 g/mol. The zero-order valence-corrected chi connectivity index (χ0v) is 4.97. The standard InChI is InChI=1S/C3H7N3O4/c4-2(3(7)8)1-6(10)5-9/h2,9H,1,4H2,(H,7,8)/b6-5-/t2-/m1/s1. The third kappa shape index (κ3) is 2.82. The lowest BCUT2D eigenvalue weighted by atomic mass is 10.3. The molecule has 0 heterocycles. The molecule has 0 saturated carbocycles. The number of carboxylic acids is 1. The summed E-state index contributed by atoms with van der Waals surface area (Å²) in [4.78, 5) is 9.73. The molecule has 0 amide bonds. The van der Waals surface area contributed by atoms with Crippen molar-refractivity contribution in [2.24, 2.45) is 11.0 Å². The van der Waals surface area contributed by atoms with E-state index in [9.17, 15) is 10.0 Å². The Morgan fingerprint density at radius 1 is 1.90 bits per heavy atom. The Labute approximate surface area is 55.9 Å². The fourth-order valence-electron chi connectivity index (χ4n) is 0.283. The maximum atomic E-state index is 10.1. The Hall–Kier alpha value is -1.37. The molecule has 0 aromatic heterocycles. The van der Waals surface area contributed by atoms with Gasteiger partial charge in [-0.1, -0.05) is 4.86 Å². The molecule has 1 atom stereocenters. The molecule has 7 nitrogen and oxygen atoms in total. The van der Waals surface area contributed by atoms with E-state index in [-0.39, 0.29) is 4.86 Å². The number of hydrogen-bond donors (Lipinski definition) is 3. The van der Waals surface area contributed by atoms with Crippen molar-refractivity contribution in [2.45, 2.75) is 6.04 Å². The largest absolute Gasteiger partial charge is 0.597 e. The minimum absolute atomic E-state index is 0.210. The molecule has 7 heteroatoms. The first-order chi connectivity index (χ1) is 4.57. The number of carbonyl (C=O) groups is 1. The topological polar surface area (TPSA) is 122 Å². The van der Waals surface area contributed by atoms with Crippen molar-refractivity contribution in [1.82, 2.24) is 0 Å². The van der Waals surface area contributed by atoms with E-state index in [1.54, 1.807) is 0 Å². The lowest BCUT2D eigenvalue weighted by Gasteiger charge is -2.01. The van der Waals surface area contributed by atoms with Crippen LogP contribution in [0.15, 0.2) is 5.28 Å². The van der Waals surface area contributed by atoms with Crippen molar-refractivity contribution in [1.29, 1.82) is 0 Å².